The van der Waals surface area contributed by atoms with Gasteiger partial charge < -0.3 is 14.8 Å². The standard InChI is InChI=1S/C20H25NO2.ClH/c1-20(2,3)19(16-7-5-4-6-8-16)21-14-15-9-10-17-18(13-15)23-12-11-22-17;/h4-10,13,19,21H,11-12,14H2,1-3H3;1H. The Kier molecular flexibility index (Phi) is 6.14. The van der Waals surface area contributed by atoms with Gasteiger partial charge in [0.1, 0.15) is 13.2 Å². The van der Waals surface area contributed by atoms with E-state index in [4.69, 9.17) is 9.47 Å². The molecule has 0 aliphatic carbocycles. The van der Waals surface area contributed by atoms with Crippen molar-refractivity contribution in [3.05, 3.63) is 59.7 Å². The first kappa shape index (κ1) is 18.6. The molecule has 0 spiro atoms. The predicted molar refractivity (Wildman–Crippen MR) is 100 cm³/mol. The van der Waals surface area contributed by atoms with Crippen molar-refractivity contribution in [2.75, 3.05) is 13.2 Å². The molecule has 2 aromatic rings. The normalized spacial score (nSPS) is 14.6. The van der Waals surface area contributed by atoms with E-state index in [1.165, 1.54) is 11.1 Å². The van der Waals surface area contributed by atoms with E-state index in [2.05, 4.69) is 68.6 Å². The third-order valence-corrected chi connectivity index (χ3v) is 4.12. The van der Waals surface area contributed by atoms with Crippen LogP contribution in [-0.4, -0.2) is 13.2 Å². The highest BCUT2D eigenvalue weighted by molar-refractivity contribution is 5.85. The van der Waals surface area contributed by atoms with Gasteiger partial charge in [0.15, 0.2) is 11.5 Å². The Morgan fingerprint density at radius 3 is 2.29 bits per heavy atom. The summed E-state index contributed by atoms with van der Waals surface area (Å²) in [6.07, 6.45) is 0. The average molecular weight is 348 g/mol. The molecule has 1 heterocycles. The van der Waals surface area contributed by atoms with Crippen LogP contribution in [0, 0.1) is 5.41 Å². The summed E-state index contributed by atoms with van der Waals surface area (Å²) in [5.41, 5.74) is 2.66. The van der Waals surface area contributed by atoms with Crippen molar-refractivity contribution in [1.29, 1.82) is 0 Å². The second-order valence-electron chi connectivity index (χ2n) is 7.07. The van der Waals surface area contributed by atoms with Gasteiger partial charge in [-0.25, -0.2) is 0 Å². The van der Waals surface area contributed by atoms with Crippen LogP contribution in [-0.2, 0) is 6.54 Å². The van der Waals surface area contributed by atoms with Crippen molar-refractivity contribution in [1.82, 2.24) is 5.32 Å². The van der Waals surface area contributed by atoms with E-state index in [9.17, 15) is 0 Å². The quantitative estimate of drug-likeness (QED) is 0.865. The number of rotatable bonds is 4. The van der Waals surface area contributed by atoms with Crippen LogP contribution in [0.25, 0.3) is 0 Å². The van der Waals surface area contributed by atoms with Gasteiger partial charge in [-0.15, -0.1) is 12.4 Å². The minimum Gasteiger partial charge on any atom is -0.486 e. The van der Waals surface area contributed by atoms with Crippen LogP contribution in [0.3, 0.4) is 0 Å². The molecule has 4 heteroatoms. The number of benzene rings is 2. The number of hydrogen-bond donors (Lipinski definition) is 1. The van der Waals surface area contributed by atoms with E-state index in [1.807, 2.05) is 6.07 Å². The Balaban J connectivity index is 0.00000208. The Morgan fingerprint density at radius 2 is 1.62 bits per heavy atom. The van der Waals surface area contributed by atoms with Crippen molar-refractivity contribution in [3.63, 3.8) is 0 Å². The summed E-state index contributed by atoms with van der Waals surface area (Å²) < 4.78 is 11.3. The molecule has 2 aromatic carbocycles. The molecule has 1 aliphatic rings. The van der Waals surface area contributed by atoms with Gasteiger partial charge in [0.2, 0.25) is 0 Å². The molecule has 0 saturated carbocycles. The van der Waals surface area contributed by atoms with Crippen LogP contribution < -0.4 is 14.8 Å². The molecule has 3 rings (SSSR count). The van der Waals surface area contributed by atoms with E-state index in [1.54, 1.807) is 0 Å². The Bertz CT molecular complexity index is 652. The van der Waals surface area contributed by atoms with Crippen molar-refractivity contribution in [2.45, 2.75) is 33.4 Å². The molecule has 0 amide bonds. The van der Waals surface area contributed by atoms with Crippen molar-refractivity contribution < 1.29 is 9.47 Å². The molecule has 0 bridgehead atoms. The first-order valence-corrected chi connectivity index (χ1v) is 8.21. The average Bonchev–Trinajstić information content (AvgIpc) is 2.55. The zero-order chi connectivity index (χ0) is 16.3. The predicted octanol–water partition coefficient (Wildman–Crippen LogP) is 4.76. The zero-order valence-electron chi connectivity index (χ0n) is 14.5. The van der Waals surface area contributed by atoms with Crippen LogP contribution in [0.1, 0.15) is 37.9 Å². The maximum Gasteiger partial charge on any atom is 0.161 e. The van der Waals surface area contributed by atoms with E-state index in [0.29, 0.717) is 13.2 Å². The summed E-state index contributed by atoms with van der Waals surface area (Å²) in [7, 11) is 0. The first-order valence-electron chi connectivity index (χ1n) is 8.21. The van der Waals surface area contributed by atoms with E-state index < -0.39 is 0 Å². The maximum atomic E-state index is 5.67. The molecule has 1 atom stereocenters. The number of fused-ring (bicyclic) bond motifs is 1. The van der Waals surface area contributed by atoms with Crippen molar-refractivity contribution in [3.8, 4) is 11.5 Å². The number of nitrogens with one attached hydrogen (secondary N) is 1. The summed E-state index contributed by atoms with van der Waals surface area (Å²) in [5.74, 6) is 1.69. The Morgan fingerprint density at radius 1 is 0.958 bits per heavy atom. The van der Waals surface area contributed by atoms with Gasteiger partial charge in [-0.05, 0) is 28.7 Å². The SMILES string of the molecule is CC(C)(C)C(NCc1ccc2c(c1)OCCO2)c1ccccc1.Cl. The lowest BCUT2D eigenvalue weighted by Crippen LogP contribution is -2.32. The van der Waals surface area contributed by atoms with Crippen LogP contribution in [0.15, 0.2) is 48.5 Å². The molecule has 1 unspecified atom stereocenters. The second kappa shape index (κ2) is 7.91. The molecule has 3 nitrogen and oxygen atoms in total. The van der Waals surface area contributed by atoms with Crippen LogP contribution >= 0.6 is 12.4 Å². The fourth-order valence-corrected chi connectivity index (χ4v) is 2.99. The van der Waals surface area contributed by atoms with Crippen LogP contribution in [0.4, 0.5) is 0 Å². The summed E-state index contributed by atoms with van der Waals surface area (Å²) in [5, 5.41) is 3.70. The molecule has 1 aliphatic heterocycles. The van der Waals surface area contributed by atoms with Crippen LogP contribution in [0.2, 0.25) is 0 Å². The molecule has 0 aromatic heterocycles. The second-order valence-corrected chi connectivity index (χ2v) is 7.07. The highest BCUT2D eigenvalue weighted by atomic mass is 35.5. The minimum atomic E-state index is 0. The highest BCUT2D eigenvalue weighted by Crippen LogP contribution is 2.34. The summed E-state index contributed by atoms with van der Waals surface area (Å²) in [4.78, 5) is 0. The molecule has 1 N–H and O–H groups in total. The zero-order valence-corrected chi connectivity index (χ0v) is 15.4. The Labute approximate surface area is 150 Å². The lowest BCUT2D eigenvalue weighted by Gasteiger charge is -2.32. The fraction of sp³-hybridized carbons (Fsp3) is 0.400. The topological polar surface area (TPSA) is 30.5 Å². The van der Waals surface area contributed by atoms with E-state index in [0.717, 1.165) is 18.0 Å². The van der Waals surface area contributed by atoms with Gasteiger partial charge >= 0.3 is 0 Å². The maximum absolute atomic E-state index is 5.67. The summed E-state index contributed by atoms with van der Waals surface area (Å²) >= 11 is 0. The number of ether oxygens (including phenoxy) is 2. The minimum absolute atomic E-state index is 0. The van der Waals surface area contributed by atoms with Gasteiger partial charge in [0, 0.05) is 12.6 Å². The fourth-order valence-electron chi connectivity index (χ4n) is 2.99. The lowest BCUT2D eigenvalue weighted by molar-refractivity contribution is 0.171. The molecule has 130 valence electrons. The molecular weight excluding hydrogens is 322 g/mol. The number of halogens is 1. The van der Waals surface area contributed by atoms with Gasteiger partial charge in [-0.1, -0.05) is 57.2 Å². The molecular formula is C20H26ClNO2. The van der Waals surface area contributed by atoms with Gasteiger partial charge in [0.05, 0.1) is 0 Å². The molecule has 0 saturated heterocycles. The highest BCUT2D eigenvalue weighted by Gasteiger charge is 2.25. The first-order chi connectivity index (χ1) is 11.0. The van der Waals surface area contributed by atoms with Gasteiger partial charge in [-0.2, -0.15) is 0 Å². The smallest absolute Gasteiger partial charge is 0.161 e. The Hall–Kier alpha value is -1.71. The summed E-state index contributed by atoms with van der Waals surface area (Å²) in [6, 6.07) is 17.1. The number of hydrogen-bond acceptors (Lipinski definition) is 3. The van der Waals surface area contributed by atoms with Gasteiger partial charge in [0.25, 0.3) is 0 Å². The van der Waals surface area contributed by atoms with Crippen molar-refractivity contribution >= 4 is 12.4 Å². The molecule has 0 radical (unpaired) electrons. The monoisotopic (exact) mass is 347 g/mol. The van der Waals surface area contributed by atoms with Gasteiger partial charge in [-0.3, -0.25) is 0 Å². The van der Waals surface area contributed by atoms with Crippen LogP contribution in [0.5, 0.6) is 11.5 Å². The third-order valence-electron chi connectivity index (χ3n) is 4.12. The van der Waals surface area contributed by atoms with Crippen molar-refractivity contribution in [2.24, 2.45) is 5.41 Å². The lowest BCUT2D eigenvalue weighted by atomic mass is 9.82. The largest absolute Gasteiger partial charge is 0.486 e. The third kappa shape index (κ3) is 4.43. The van der Waals surface area contributed by atoms with E-state index >= 15 is 0 Å². The summed E-state index contributed by atoms with van der Waals surface area (Å²) in [6.45, 7) is 8.85. The van der Waals surface area contributed by atoms with E-state index in [-0.39, 0.29) is 23.9 Å². The molecule has 0 fully saturated rings. The molecule has 24 heavy (non-hydrogen) atoms.